The standard InChI is InChI=1S/C14H16ClP/c1-2-16(15,13-9-5-3-6-10-13)14-11-7-4-8-12-14/h3-12,16H,2H2,1H3. The fraction of sp³-hybridized carbons (Fsp3) is 0.143. The van der Waals surface area contributed by atoms with Crippen molar-refractivity contribution >= 4 is 28.5 Å². The van der Waals surface area contributed by atoms with Crippen molar-refractivity contribution in [2.24, 2.45) is 0 Å². The quantitative estimate of drug-likeness (QED) is 0.731. The van der Waals surface area contributed by atoms with E-state index in [-0.39, 0.29) is 0 Å². The van der Waals surface area contributed by atoms with Crippen LogP contribution in [0.15, 0.2) is 60.7 Å². The van der Waals surface area contributed by atoms with Gasteiger partial charge in [-0.2, -0.15) is 0 Å². The molecule has 0 saturated heterocycles. The van der Waals surface area contributed by atoms with Gasteiger partial charge in [0.1, 0.15) is 0 Å². The third kappa shape index (κ3) is 2.14. The zero-order valence-electron chi connectivity index (χ0n) is 9.36. The summed E-state index contributed by atoms with van der Waals surface area (Å²) >= 11 is 6.91. The maximum atomic E-state index is 6.91. The molecule has 84 valence electrons. The normalized spacial score (nSPS) is 12.4. The summed E-state index contributed by atoms with van der Waals surface area (Å²) in [6.45, 7) is 0.176. The van der Waals surface area contributed by atoms with Crippen molar-refractivity contribution in [3.63, 3.8) is 0 Å². The van der Waals surface area contributed by atoms with Crippen LogP contribution in [0.3, 0.4) is 0 Å². The average Bonchev–Trinajstić information content (AvgIpc) is 2.40. The Bertz CT molecular complexity index is 399. The van der Waals surface area contributed by atoms with Gasteiger partial charge < -0.3 is 0 Å². The molecule has 0 spiro atoms. The van der Waals surface area contributed by atoms with Crippen molar-refractivity contribution in [3.8, 4) is 0 Å². The SMILES string of the molecule is CC[PH](Cl)(c1ccccc1)c1ccccc1. The molecule has 0 unspecified atom stereocenters. The molecule has 2 aromatic rings. The van der Waals surface area contributed by atoms with Gasteiger partial charge in [-0.1, -0.05) is 0 Å². The molecule has 0 aliphatic rings. The minimum atomic E-state index is -2.00. The molecule has 0 heterocycles. The summed E-state index contributed by atoms with van der Waals surface area (Å²) < 4.78 is 0. The molecule has 0 atom stereocenters. The van der Waals surface area contributed by atoms with E-state index in [2.05, 4.69) is 55.5 Å². The Balaban J connectivity index is 2.49. The van der Waals surface area contributed by atoms with Gasteiger partial charge in [-0.05, 0) is 0 Å². The molecule has 0 radical (unpaired) electrons. The Morgan fingerprint density at radius 2 is 1.19 bits per heavy atom. The Morgan fingerprint density at radius 3 is 1.50 bits per heavy atom. The summed E-state index contributed by atoms with van der Waals surface area (Å²) in [7, 11) is 0. The summed E-state index contributed by atoms with van der Waals surface area (Å²) in [5.74, 6) is 0. The van der Waals surface area contributed by atoms with Gasteiger partial charge in [0.15, 0.2) is 0 Å². The van der Waals surface area contributed by atoms with Gasteiger partial charge in [0.05, 0.1) is 0 Å². The molecule has 16 heavy (non-hydrogen) atoms. The van der Waals surface area contributed by atoms with Crippen LogP contribution < -0.4 is 10.6 Å². The van der Waals surface area contributed by atoms with E-state index >= 15 is 0 Å². The van der Waals surface area contributed by atoms with Crippen molar-refractivity contribution in [2.75, 3.05) is 6.16 Å². The fourth-order valence-corrected chi connectivity index (χ4v) is 5.33. The van der Waals surface area contributed by atoms with Crippen molar-refractivity contribution in [2.45, 2.75) is 6.92 Å². The molecule has 0 fully saturated rings. The summed E-state index contributed by atoms with van der Waals surface area (Å²) in [6.07, 6.45) is 1.02. The zero-order chi connectivity index (χ0) is 11.4. The monoisotopic (exact) mass is 250 g/mol. The summed E-state index contributed by atoms with van der Waals surface area (Å²) in [5, 5.41) is 2.59. The Hall–Kier alpha value is -0.840. The van der Waals surface area contributed by atoms with Crippen LogP contribution >= 0.6 is 17.9 Å². The average molecular weight is 251 g/mol. The molecular weight excluding hydrogens is 235 g/mol. The molecule has 0 aromatic heterocycles. The molecule has 0 nitrogen and oxygen atoms in total. The van der Waals surface area contributed by atoms with Crippen molar-refractivity contribution in [1.29, 1.82) is 0 Å². The molecular formula is C14H16ClP. The Kier molecular flexibility index (Phi) is 3.63. The second-order valence-corrected chi connectivity index (χ2v) is 9.29. The van der Waals surface area contributed by atoms with E-state index in [1.54, 1.807) is 0 Å². The predicted octanol–water partition coefficient (Wildman–Crippen LogP) is 3.56. The second kappa shape index (κ2) is 4.99. The third-order valence-electron chi connectivity index (χ3n) is 2.95. The number of hydrogen-bond donors (Lipinski definition) is 0. The molecule has 0 N–H and O–H groups in total. The first-order valence-corrected chi connectivity index (χ1v) is 8.79. The first kappa shape index (κ1) is 11.6. The van der Waals surface area contributed by atoms with Gasteiger partial charge in [-0.15, -0.1) is 0 Å². The zero-order valence-corrected chi connectivity index (χ0v) is 11.1. The molecule has 2 heteroatoms. The number of benzene rings is 2. The molecule has 2 aromatic carbocycles. The molecule has 2 rings (SSSR count). The number of halogens is 1. The van der Waals surface area contributed by atoms with Crippen LogP contribution in [0.2, 0.25) is 0 Å². The van der Waals surface area contributed by atoms with Gasteiger partial charge in [-0.25, -0.2) is 0 Å². The topological polar surface area (TPSA) is 0 Å². The van der Waals surface area contributed by atoms with Crippen LogP contribution in [0.1, 0.15) is 6.92 Å². The van der Waals surface area contributed by atoms with Crippen LogP contribution in [0.5, 0.6) is 0 Å². The molecule has 0 aliphatic heterocycles. The van der Waals surface area contributed by atoms with Crippen molar-refractivity contribution in [3.05, 3.63) is 60.7 Å². The predicted molar refractivity (Wildman–Crippen MR) is 76.9 cm³/mol. The second-order valence-electron chi connectivity index (χ2n) is 3.89. The van der Waals surface area contributed by atoms with Crippen LogP contribution in [0, 0.1) is 0 Å². The van der Waals surface area contributed by atoms with E-state index in [0.717, 1.165) is 6.16 Å². The molecule has 0 bridgehead atoms. The van der Waals surface area contributed by atoms with Gasteiger partial charge in [0.2, 0.25) is 0 Å². The third-order valence-corrected chi connectivity index (χ3v) is 8.53. The van der Waals surface area contributed by atoms with Crippen LogP contribution in [-0.2, 0) is 0 Å². The Morgan fingerprint density at radius 1 is 0.812 bits per heavy atom. The summed E-state index contributed by atoms with van der Waals surface area (Å²) in [6, 6.07) is 20.9. The number of rotatable bonds is 3. The summed E-state index contributed by atoms with van der Waals surface area (Å²) in [5.41, 5.74) is 0. The first-order valence-electron chi connectivity index (χ1n) is 5.57. The van der Waals surface area contributed by atoms with E-state index in [1.807, 2.05) is 12.1 Å². The van der Waals surface area contributed by atoms with Crippen molar-refractivity contribution < 1.29 is 0 Å². The van der Waals surface area contributed by atoms with Crippen LogP contribution in [0.25, 0.3) is 0 Å². The van der Waals surface area contributed by atoms with Gasteiger partial charge in [0, 0.05) is 0 Å². The van der Waals surface area contributed by atoms with E-state index in [0.29, 0.717) is 0 Å². The minimum absolute atomic E-state index is 1.02. The van der Waals surface area contributed by atoms with Gasteiger partial charge in [-0.3, -0.25) is 0 Å². The van der Waals surface area contributed by atoms with Gasteiger partial charge in [0.25, 0.3) is 0 Å². The molecule has 0 saturated carbocycles. The van der Waals surface area contributed by atoms with E-state index < -0.39 is 6.62 Å². The van der Waals surface area contributed by atoms with E-state index in [4.69, 9.17) is 11.2 Å². The van der Waals surface area contributed by atoms with Crippen LogP contribution in [-0.4, -0.2) is 6.16 Å². The summed E-state index contributed by atoms with van der Waals surface area (Å²) in [4.78, 5) is 0. The Labute approximate surface area is 102 Å². The van der Waals surface area contributed by atoms with Crippen molar-refractivity contribution in [1.82, 2.24) is 0 Å². The molecule has 0 aliphatic carbocycles. The molecule has 0 amide bonds. The first-order chi connectivity index (χ1) is 7.77. The van der Waals surface area contributed by atoms with E-state index in [1.165, 1.54) is 10.6 Å². The fourth-order valence-electron chi connectivity index (χ4n) is 1.98. The van der Waals surface area contributed by atoms with E-state index in [9.17, 15) is 0 Å². The van der Waals surface area contributed by atoms with Gasteiger partial charge >= 0.3 is 102 Å². The maximum absolute atomic E-state index is 6.91. The number of hydrogen-bond acceptors (Lipinski definition) is 0. The van der Waals surface area contributed by atoms with Crippen LogP contribution in [0.4, 0.5) is 0 Å².